The molecule has 1 spiro atoms. The maximum Gasteiger partial charge on any atom is 0.234 e. The Hall–Kier alpha value is -1.14. The Kier molecular flexibility index (Phi) is 5.76. The van der Waals surface area contributed by atoms with E-state index in [-0.39, 0.29) is 17.6 Å². The summed E-state index contributed by atoms with van der Waals surface area (Å²) < 4.78 is 11.4. The first kappa shape index (κ1) is 17.7. The highest BCUT2D eigenvalue weighted by molar-refractivity contribution is 6.31. The second-order valence-corrected chi connectivity index (χ2v) is 7.07. The van der Waals surface area contributed by atoms with Crippen LogP contribution in [0.1, 0.15) is 31.4 Å². The van der Waals surface area contributed by atoms with Crippen molar-refractivity contribution in [3.8, 4) is 0 Å². The van der Waals surface area contributed by atoms with Gasteiger partial charge in [-0.15, -0.1) is 0 Å². The number of hydrogen-bond donors (Lipinski definition) is 1. The molecule has 0 aromatic heterocycles. The third kappa shape index (κ3) is 4.28. The van der Waals surface area contributed by atoms with Gasteiger partial charge >= 0.3 is 0 Å². The number of rotatable bonds is 4. The highest BCUT2D eigenvalue weighted by Gasteiger charge is 2.38. The van der Waals surface area contributed by atoms with E-state index < -0.39 is 0 Å². The number of ether oxygens (including phenoxy) is 2. The molecule has 5 nitrogen and oxygen atoms in total. The third-order valence-electron chi connectivity index (χ3n) is 4.85. The molecule has 24 heavy (non-hydrogen) atoms. The quantitative estimate of drug-likeness (QED) is 0.904. The van der Waals surface area contributed by atoms with Crippen LogP contribution >= 0.6 is 11.6 Å². The van der Waals surface area contributed by atoms with Crippen molar-refractivity contribution in [3.05, 3.63) is 34.9 Å². The predicted octanol–water partition coefficient (Wildman–Crippen LogP) is 2.40. The van der Waals surface area contributed by atoms with Gasteiger partial charge < -0.3 is 14.8 Å². The summed E-state index contributed by atoms with van der Waals surface area (Å²) in [5.41, 5.74) is 0.806. The van der Waals surface area contributed by atoms with Gasteiger partial charge in [0.15, 0.2) is 0 Å². The van der Waals surface area contributed by atoms with Gasteiger partial charge in [-0.25, -0.2) is 0 Å². The fraction of sp³-hybridized carbons (Fsp3) is 0.611. The van der Waals surface area contributed by atoms with Crippen molar-refractivity contribution in [3.63, 3.8) is 0 Å². The first-order chi connectivity index (χ1) is 11.6. The lowest BCUT2D eigenvalue weighted by molar-refractivity contribution is -0.156. The number of nitrogens with one attached hydrogen (secondary N) is 1. The molecule has 0 saturated carbocycles. The molecule has 2 heterocycles. The third-order valence-corrected chi connectivity index (χ3v) is 5.19. The molecule has 0 aliphatic carbocycles. The lowest BCUT2D eigenvalue weighted by Crippen LogP contribution is -2.56. The van der Waals surface area contributed by atoms with Gasteiger partial charge in [-0.05, 0) is 18.6 Å². The fourth-order valence-corrected chi connectivity index (χ4v) is 3.80. The molecule has 132 valence electrons. The second-order valence-electron chi connectivity index (χ2n) is 6.67. The molecule has 1 atom stereocenters. The largest absolute Gasteiger partial charge is 0.381 e. The predicted molar refractivity (Wildman–Crippen MR) is 93.2 cm³/mol. The summed E-state index contributed by atoms with van der Waals surface area (Å²) in [6, 6.07) is 7.50. The summed E-state index contributed by atoms with van der Waals surface area (Å²) >= 11 is 6.20. The van der Waals surface area contributed by atoms with E-state index in [9.17, 15) is 4.79 Å². The second kappa shape index (κ2) is 7.83. The van der Waals surface area contributed by atoms with Crippen molar-refractivity contribution in [2.45, 2.75) is 31.4 Å². The molecule has 0 bridgehead atoms. The van der Waals surface area contributed by atoms with Gasteiger partial charge in [0.1, 0.15) is 0 Å². The molecule has 0 radical (unpaired) electrons. The Bertz CT molecular complexity index is 570. The molecule has 2 saturated heterocycles. The fourth-order valence-electron chi connectivity index (χ4n) is 3.50. The van der Waals surface area contributed by atoms with Gasteiger partial charge in [-0.1, -0.05) is 29.8 Å². The van der Waals surface area contributed by atoms with Gasteiger partial charge in [-0.2, -0.15) is 0 Å². The highest BCUT2D eigenvalue weighted by Crippen LogP contribution is 2.29. The topological polar surface area (TPSA) is 50.8 Å². The smallest absolute Gasteiger partial charge is 0.234 e. The van der Waals surface area contributed by atoms with Gasteiger partial charge in [0, 0.05) is 44.2 Å². The maximum atomic E-state index is 12.4. The summed E-state index contributed by atoms with van der Waals surface area (Å²) in [5, 5.41) is 3.72. The van der Waals surface area contributed by atoms with E-state index >= 15 is 0 Å². The molecule has 1 amide bonds. The number of nitrogens with zero attached hydrogens (tertiary/aromatic N) is 1. The molecule has 1 aromatic rings. The van der Waals surface area contributed by atoms with Gasteiger partial charge in [0.25, 0.3) is 0 Å². The van der Waals surface area contributed by atoms with Crippen LogP contribution in [0.4, 0.5) is 0 Å². The van der Waals surface area contributed by atoms with Crippen molar-refractivity contribution < 1.29 is 14.3 Å². The molecule has 3 rings (SSSR count). The Labute approximate surface area is 148 Å². The first-order valence-corrected chi connectivity index (χ1v) is 8.94. The van der Waals surface area contributed by atoms with E-state index in [1.807, 2.05) is 31.2 Å². The molecular formula is C18H25ClN2O3. The SMILES string of the molecule is CC(NC(=O)CN1CCOC2(CCOCC2)C1)c1ccccc1Cl. The average molecular weight is 353 g/mol. The van der Waals surface area contributed by atoms with Crippen molar-refractivity contribution >= 4 is 17.5 Å². The maximum absolute atomic E-state index is 12.4. The van der Waals surface area contributed by atoms with Crippen molar-refractivity contribution in [2.24, 2.45) is 0 Å². The van der Waals surface area contributed by atoms with E-state index in [0.29, 0.717) is 18.2 Å². The van der Waals surface area contributed by atoms with Gasteiger partial charge in [-0.3, -0.25) is 9.69 Å². The number of hydrogen-bond acceptors (Lipinski definition) is 4. The number of benzene rings is 1. The van der Waals surface area contributed by atoms with Crippen LogP contribution in [0.15, 0.2) is 24.3 Å². The van der Waals surface area contributed by atoms with E-state index in [0.717, 1.165) is 44.7 Å². The first-order valence-electron chi connectivity index (χ1n) is 8.56. The number of halogens is 1. The van der Waals surface area contributed by atoms with E-state index in [2.05, 4.69) is 10.2 Å². The van der Waals surface area contributed by atoms with Crippen LogP contribution in [0, 0.1) is 0 Å². The Balaban J connectivity index is 1.54. The summed E-state index contributed by atoms with van der Waals surface area (Å²) in [4.78, 5) is 14.6. The Morgan fingerprint density at radius 2 is 2.08 bits per heavy atom. The zero-order valence-corrected chi connectivity index (χ0v) is 14.8. The lowest BCUT2D eigenvalue weighted by Gasteiger charge is -2.44. The zero-order valence-electron chi connectivity index (χ0n) is 14.1. The van der Waals surface area contributed by atoms with Crippen LogP contribution in [-0.4, -0.2) is 55.9 Å². The van der Waals surface area contributed by atoms with E-state index in [4.69, 9.17) is 21.1 Å². The molecular weight excluding hydrogens is 328 g/mol. The standard InChI is InChI=1S/C18H25ClN2O3/c1-14(15-4-2-3-5-16(15)19)20-17(22)12-21-8-11-24-18(13-21)6-9-23-10-7-18/h2-5,14H,6-13H2,1H3,(H,20,22). The van der Waals surface area contributed by atoms with Crippen molar-refractivity contribution in [1.29, 1.82) is 0 Å². The van der Waals surface area contributed by atoms with Crippen LogP contribution < -0.4 is 5.32 Å². The zero-order chi connectivity index (χ0) is 17.0. The van der Waals surface area contributed by atoms with Crippen LogP contribution in [-0.2, 0) is 14.3 Å². The van der Waals surface area contributed by atoms with Gasteiger partial charge in [0.05, 0.1) is 24.8 Å². The summed E-state index contributed by atoms with van der Waals surface area (Å²) in [6.07, 6.45) is 1.81. The molecule has 2 fully saturated rings. The normalized spacial score (nSPS) is 22.2. The van der Waals surface area contributed by atoms with Crippen LogP contribution in [0.5, 0.6) is 0 Å². The van der Waals surface area contributed by atoms with Crippen molar-refractivity contribution in [2.75, 3.05) is 39.5 Å². The number of carbonyl (C=O) groups excluding carboxylic acids is 1. The molecule has 1 aromatic carbocycles. The molecule has 2 aliphatic rings. The summed E-state index contributed by atoms with van der Waals surface area (Å²) in [5.74, 6) is 0.0199. The summed E-state index contributed by atoms with van der Waals surface area (Å²) in [6.45, 7) is 6.08. The van der Waals surface area contributed by atoms with Crippen molar-refractivity contribution in [1.82, 2.24) is 10.2 Å². The average Bonchev–Trinajstić information content (AvgIpc) is 2.55. The Morgan fingerprint density at radius 1 is 1.33 bits per heavy atom. The lowest BCUT2D eigenvalue weighted by atomic mass is 9.92. The van der Waals surface area contributed by atoms with E-state index in [1.54, 1.807) is 0 Å². The van der Waals surface area contributed by atoms with Gasteiger partial charge in [0.2, 0.25) is 5.91 Å². The van der Waals surface area contributed by atoms with Crippen LogP contribution in [0.2, 0.25) is 5.02 Å². The highest BCUT2D eigenvalue weighted by atomic mass is 35.5. The number of amides is 1. The number of morpholine rings is 1. The Morgan fingerprint density at radius 3 is 2.83 bits per heavy atom. The van der Waals surface area contributed by atoms with Crippen LogP contribution in [0.25, 0.3) is 0 Å². The summed E-state index contributed by atoms with van der Waals surface area (Å²) in [7, 11) is 0. The number of carbonyl (C=O) groups is 1. The monoisotopic (exact) mass is 352 g/mol. The molecule has 1 N–H and O–H groups in total. The minimum absolute atomic E-state index is 0.0199. The van der Waals surface area contributed by atoms with E-state index in [1.165, 1.54) is 0 Å². The minimum atomic E-state index is -0.134. The minimum Gasteiger partial charge on any atom is -0.381 e. The molecule has 6 heteroatoms. The molecule has 1 unspecified atom stereocenters. The molecule has 2 aliphatic heterocycles. The van der Waals surface area contributed by atoms with Crippen LogP contribution in [0.3, 0.4) is 0 Å².